The third kappa shape index (κ3) is 3.89. The van der Waals surface area contributed by atoms with Gasteiger partial charge in [-0.05, 0) is 68.8 Å². The number of hydrogen-bond acceptors (Lipinski definition) is 2. The summed E-state index contributed by atoms with van der Waals surface area (Å²) in [6, 6.07) is 49.6. The molecule has 0 atom stereocenters. The summed E-state index contributed by atoms with van der Waals surface area (Å²) in [5, 5.41) is 5.12. The van der Waals surface area contributed by atoms with Crippen LogP contribution in [0.2, 0.25) is 0 Å². The van der Waals surface area contributed by atoms with Crippen molar-refractivity contribution in [3.8, 4) is 56.0 Å². The van der Waals surface area contributed by atoms with Crippen LogP contribution in [0, 0.1) is 0 Å². The third-order valence-electron chi connectivity index (χ3n) is 8.65. The number of hydrogen-bond donors (Lipinski definition) is 0. The fourth-order valence-electron chi connectivity index (χ4n) is 6.42. The van der Waals surface area contributed by atoms with Gasteiger partial charge >= 0.3 is 0 Å². The number of nitrogens with zero attached hydrogens (tertiary/aromatic N) is 3. The molecule has 0 unspecified atom stereocenters. The first kappa shape index (κ1) is 24.5. The van der Waals surface area contributed by atoms with Gasteiger partial charge in [-0.3, -0.25) is 0 Å². The molecule has 1 aliphatic rings. The summed E-state index contributed by atoms with van der Waals surface area (Å²) < 4.78 is 2.05. The molecule has 0 saturated heterocycles. The van der Waals surface area contributed by atoms with Crippen LogP contribution in [-0.4, -0.2) is 14.6 Å². The SMILES string of the molecule is CC1(C)c2ccc(-c3cccc(-c4ccccc4)c3)cc2-c2c1ccc1nc(-c3cccc(-c4ccccc4)c3)nn21. The van der Waals surface area contributed by atoms with Gasteiger partial charge in [-0.25, -0.2) is 9.50 Å². The molecule has 0 radical (unpaired) electrons. The van der Waals surface area contributed by atoms with E-state index in [1.807, 2.05) is 6.07 Å². The topological polar surface area (TPSA) is 30.2 Å². The molecule has 0 bridgehead atoms. The molecule has 42 heavy (non-hydrogen) atoms. The highest BCUT2D eigenvalue weighted by atomic mass is 15.3. The number of pyridine rings is 1. The van der Waals surface area contributed by atoms with Crippen LogP contribution in [0.25, 0.3) is 61.7 Å². The highest BCUT2D eigenvalue weighted by Crippen LogP contribution is 2.49. The summed E-state index contributed by atoms with van der Waals surface area (Å²) in [6.07, 6.45) is 0. The Morgan fingerprint density at radius 1 is 0.476 bits per heavy atom. The normalized spacial score (nSPS) is 13.2. The average Bonchev–Trinajstić information content (AvgIpc) is 3.58. The van der Waals surface area contributed by atoms with Gasteiger partial charge in [0, 0.05) is 16.5 Å². The molecule has 3 heteroatoms. The van der Waals surface area contributed by atoms with Gasteiger partial charge in [-0.15, -0.1) is 5.10 Å². The lowest BCUT2D eigenvalue weighted by Gasteiger charge is -2.21. The summed E-state index contributed by atoms with van der Waals surface area (Å²) in [4.78, 5) is 4.99. The Balaban J connectivity index is 1.26. The van der Waals surface area contributed by atoms with Crippen molar-refractivity contribution in [2.24, 2.45) is 0 Å². The van der Waals surface area contributed by atoms with E-state index in [4.69, 9.17) is 10.1 Å². The Bertz CT molecular complexity index is 2100. The van der Waals surface area contributed by atoms with E-state index in [9.17, 15) is 0 Å². The van der Waals surface area contributed by atoms with Crippen molar-refractivity contribution in [2.75, 3.05) is 0 Å². The predicted molar refractivity (Wildman–Crippen MR) is 172 cm³/mol. The Labute approximate surface area is 245 Å². The van der Waals surface area contributed by atoms with E-state index in [0.717, 1.165) is 28.3 Å². The Morgan fingerprint density at radius 2 is 1.00 bits per heavy atom. The van der Waals surface area contributed by atoms with E-state index >= 15 is 0 Å². The zero-order chi connectivity index (χ0) is 28.3. The van der Waals surface area contributed by atoms with Crippen LogP contribution in [0.15, 0.2) is 140 Å². The van der Waals surface area contributed by atoms with Crippen LogP contribution in [-0.2, 0) is 5.41 Å². The monoisotopic (exact) mass is 539 g/mol. The highest BCUT2D eigenvalue weighted by molar-refractivity contribution is 5.85. The summed E-state index contributed by atoms with van der Waals surface area (Å²) in [7, 11) is 0. The van der Waals surface area contributed by atoms with Crippen LogP contribution in [0.4, 0.5) is 0 Å². The van der Waals surface area contributed by atoms with E-state index in [2.05, 4.69) is 152 Å². The molecular weight excluding hydrogens is 510 g/mol. The van der Waals surface area contributed by atoms with Crippen molar-refractivity contribution in [2.45, 2.75) is 19.3 Å². The Kier molecular flexibility index (Phi) is 5.48. The summed E-state index contributed by atoms with van der Waals surface area (Å²) in [5.41, 5.74) is 13.9. The van der Waals surface area contributed by atoms with Crippen LogP contribution in [0.5, 0.6) is 0 Å². The zero-order valence-corrected chi connectivity index (χ0v) is 23.6. The minimum absolute atomic E-state index is 0.136. The molecule has 1 aliphatic carbocycles. The van der Waals surface area contributed by atoms with E-state index in [-0.39, 0.29) is 5.41 Å². The number of aromatic nitrogens is 3. The lowest BCUT2D eigenvalue weighted by atomic mass is 9.82. The second-order valence-corrected chi connectivity index (χ2v) is 11.6. The van der Waals surface area contributed by atoms with Gasteiger partial charge < -0.3 is 0 Å². The van der Waals surface area contributed by atoms with Crippen molar-refractivity contribution in [1.82, 2.24) is 14.6 Å². The zero-order valence-electron chi connectivity index (χ0n) is 23.6. The van der Waals surface area contributed by atoms with E-state index in [0.29, 0.717) is 0 Å². The largest absolute Gasteiger partial charge is 0.212 e. The van der Waals surface area contributed by atoms with Crippen molar-refractivity contribution in [3.05, 3.63) is 151 Å². The highest BCUT2D eigenvalue weighted by Gasteiger charge is 2.37. The maximum Gasteiger partial charge on any atom is 0.182 e. The van der Waals surface area contributed by atoms with Crippen molar-refractivity contribution in [1.29, 1.82) is 0 Å². The smallest absolute Gasteiger partial charge is 0.182 e. The summed E-state index contributed by atoms with van der Waals surface area (Å²) in [5.74, 6) is 0.735. The van der Waals surface area contributed by atoms with E-state index in [1.165, 1.54) is 44.5 Å². The van der Waals surface area contributed by atoms with Crippen LogP contribution in [0.1, 0.15) is 25.0 Å². The minimum atomic E-state index is -0.136. The van der Waals surface area contributed by atoms with E-state index < -0.39 is 0 Å². The molecule has 0 saturated carbocycles. The number of fused-ring (bicyclic) bond motifs is 5. The second kappa shape index (κ2) is 9.39. The average molecular weight is 540 g/mol. The third-order valence-corrected chi connectivity index (χ3v) is 8.65. The standard InChI is InChI=1S/C39H29N3/c1-39(2)34-20-19-31(30-17-9-15-28(23-30)26-11-5-3-6-12-26)25-33(34)37-35(39)21-22-36-40-38(41-42(36)37)32-18-10-16-29(24-32)27-13-7-4-8-14-27/h3-25H,1-2H3. The molecule has 0 fully saturated rings. The minimum Gasteiger partial charge on any atom is -0.212 e. The maximum atomic E-state index is 5.12. The Hall–Kier alpha value is -5.28. The fourth-order valence-corrected chi connectivity index (χ4v) is 6.42. The molecule has 0 aliphatic heterocycles. The van der Waals surface area contributed by atoms with Gasteiger partial charge in [-0.2, -0.15) is 0 Å². The van der Waals surface area contributed by atoms with Gasteiger partial charge in [0.15, 0.2) is 11.5 Å². The molecule has 0 spiro atoms. The maximum absolute atomic E-state index is 5.12. The molecule has 5 aromatic carbocycles. The fraction of sp³-hybridized carbons (Fsp3) is 0.0769. The van der Waals surface area contributed by atoms with Gasteiger partial charge in [-0.1, -0.05) is 129 Å². The van der Waals surface area contributed by atoms with Crippen molar-refractivity contribution < 1.29 is 0 Å². The number of rotatable bonds is 4. The lowest BCUT2D eigenvalue weighted by Crippen LogP contribution is -2.15. The van der Waals surface area contributed by atoms with Crippen molar-refractivity contribution in [3.63, 3.8) is 0 Å². The first-order valence-electron chi connectivity index (χ1n) is 14.4. The van der Waals surface area contributed by atoms with Crippen LogP contribution in [0.3, 0.4) is 0 Å². The molecule has 2 heterocycles. The summed E-state index contributed by atoms with van der Waals surface area (Å²) >= 11 is 0. The first-order chi connectivity index (χ1) is 20.6. The van der Waals surface area contributed by atoms with Crippen LogP contribution < -0.4 is 0 Å². The quantitative estimate of drug-likeness (QED) is 0.223. The predicted octanol–water partition coefficient (Wildman–Crippen LogP) is 9.70. The first-order valence-corrected chi connectivity index (χ1v) is 14.4. The molecule has 8 rings (SSSR count). The molecule has 0 amide bonds. The molecule has 200 valence electrons. The molecule has 7 aromatic rings. The van der Waals surface area contributed by atoms with Gasteiger partial charge in [0.1, 0.15) is 0 Å². The molecule has 0 N–H and O–H groups in total. The van der Waals surface area contributed by atoms with Gasteiger partial charge in [0.25, 0.3) is 0 Å². The molecule has 3 nitrogen and oxygen atoms in total. The van der Waals surface area contributed by atoms with Gasteiger partial charge in [0.05, 0.1) is 5.69 Å². The van der Waals surface area contributed by atoms with Crippen LogP contribution >= 0.6 is 0 Å². The lowest BCUT2D eigenvalue weighted by molar-refractivity contribution is 0.657. The second-order valence-electron chi connectivity index (χ2n) is 11.6. The summed E-state index contributed by atoms with van der Waals surface area (Å²) in [6.45, 7) is 4.61. The van der Waals surface area contributed by atoms with Gasteiger partial charge in [0.2, 0.25) is 0 Å². The molecule has 2 aromatic heterocycles. The number of benzene rings is 5. The van der Waals surface area contributed by atoms with E-state index in [1.54, 1.807) is 0 Å². The Morgan fingerprint density at radius 3 is 1.67 bits per heavy atom. The van der Waals surface area contributed by atoms with Crippen molar-refractivity contribution >= 4 is 5.65 Å². The molecular formula is C39H29N3.